The number of amides is 2. The maximum Gasteiger partial charge on any atom is 0.416 e. The predicted molar refractivity (Wildman–Crippen MR) is 99.9 cm³/mol. The van der Waals surface area contributed by atoms with Crippen LogP contribution >= 0.6 is 11.3 Å². The van der Waals surface area contributed by atoms with Crippen LogP contribution in [-0.2, 0) is 22.2 Å². The van der Waals surface area contributed by atoms with E-state index >= 15 is 0 Å². The fraction of sp³-hybridized carbons (Fsp3) is 0.421. The number of hydrogen-bond acceptors (Lipinski definition) is 4. The third-order valence-electron chi connectivity index (χ3n) is 4.67. The van der Waals surface area contributed by atoms with Gasteiger partial charge in [-0.15, -0.1) is 11.3 Å². The third kappa shape index (κ3) is 5.09. The van der Waals surface area contributed by atoms with Gasteiger partial charge in [0.1, 0.15) is 6.04 Å². The van der Waals surface area contributed by atoms with Gasteiger partial charge in [0, 0.05) is 23.4 Å². The number of rotatable bonds is 6. The van der Waals surface area contributed by atoms with E-state index in [9.17, 15) is 22.8 Å². The van der Waals surface area contributed by atoms with E-state index < -0.39 is 17.8 Å². The van der Waals surface area contributed by atoms with E-state index in [-0.39, 0.29) is 17.7 Å². The molecule has 1 saturated carbocycles. The van der Waals surface area contributed by atoms with Crippen molar-refractivity contribution in [3.8, 4) is 0 Å². The predicted octanol–water partition coefficient (Wildman–Crippen LogP) is 4.00. The lowest BCUT2D eigenvalue weighted by atomic mass is 9.84. The molecule has 1 unspecified atom stereocenters. The van der Waals surface area contributed by atoms with Crippen molar-refractivity contribution >= 4 is 28.3 Å². The Hall–Kier alpha value is -2.42. The fourth-order valence-corrected chi connectivity index (χ4v) is 3.59. The standard InChI is InChI=1S/C19H20F3N3O2S/c1-11(24-17(27)13-3-2-4-13)16(26)25-18-23-10-15(28-18)9-12-5-7-14(8-6-12)19(20,21)22/h5-8,10-11,13H,2-4,9H2,1H3,(H,24,27)(H,23,25,26). The summed E-state index contributed by atoms with van der Waals surface area (Å²) < 4.78 is 37.8. The Morgan fingerprint density at radius 2 is 1.93 bits per heavy atom. The molecule has 5 nitrogen and oxygen atoms in total. The van der Waals surface area contributed by atoms with Gasteiger partial charge in [-0.3, -0.25) is 9.59 Å². The molecule has 1 aromatic heterocycles. The van der Waals surface area contributed by atoms with Crippen LogP contribution < -0.4 is 10.6 Å². The second-order valence-electron chi connectivity index (χ2n) is 6.85. The lowest BCUT2D eigenvalue weighted by molar-refractivity contribution is -0.137. The molecule has 1 aliphatic carbocycles. The molecule has 28 heavy (non-hydrogen) atoms. The second kappa shape index (κ2) is 8.30. The minimum atomic E-state index is -4.36. The fourth-order valence-electron chi connectivity index (χ4n) is 2.74. The smallest absolute Gasteiger partial charge is 0.344 e. The first-order chi connectivity index (χ1) is 13.2. The lowest BCUT2D eigenvalue weighted by Gasteiger charge is -2.25. The summed E-state index contributed by atoms with van der Waals surface area (Å²) in [5.74, 6) is -0.454. The number of nitrogens with zero attached hydrogens (tertiary/aromatic N) is 1. The monoisotopic (exact) mass is 411 g/mol. The maximum absolute atomic E-state index is 12.6. The molecule has 0 bridgehead atoms. The molecule has 0 saturated heterocycles. The van der Waals surface area contributed by atoms with Crippen LogP contribution in [0.25, 0.3) is 0 Å². The van der Waals surface area contributed by atoms with Gasteiger partial charge in [0.15, 0.2) is 5.13 Å². The van der Waals surface area contributed by atoms with Gasteiger partial charge in [-0.1, -0.05) is 18.6 Å². The van der Waals surface area contributed by atoms with Crippen LogP contribution in [0.3, 0.4) is 0 Å². The Labute approximate surface area is 164 Å². The summed E-state index contributed by atoms with van der Waals surface area (Å²) in [5.41, 5.74) is 0.0297. The molecule has 1 fully saturated rings. The van der Waals surface area contributed by atoms with Gasteiger partial charge in [0.2, 0.25) is 11.8 Å². The highest BCUT2D eigenvalue weighted by Gasteiger charge is 2.30. The molecule has 9 heteroatoms. The van der Waals surface area contributed by atoms with Gasteiger partial charge in [0.05, 0.1) is 5.56 Å². The molecule has 2 aromatic rings. The largest absolute Gasteiger partial charge is 0.416 e. The Bertz CT molecular complexity index is 845. The molecule has 0 spiro atoms. The quantitative estimate of drug-likeness (QED) is 0.755. The van der Waals surface area contributed by atoms with Crippen molar-refractivity contribution in [1.82, 2.24) is 10.3 Å². The van der Waals surface area contributed by atoms with Crippen LogP contribution in [0.4, 0.5) is 18.3 Å². The van der Waals surface area contributed by atoms with E-state index in [0.29, 0.717) is 11.6 Å². The number of anilines is 1. The van der Waals surface area contributed by atoms with E-state index in [1.54, 1.807) is 13.1 Å². The molecule has 3 rings (SSSR count). The number of thiazole rings is 1. The maximum atomic E-state index is 12.6. The van der Waals surface area contributed by atoms with Gasteiger partial charge in [-0.25, -0.2) is 4.98 Å². The molecule has 1 atom stereocenters. The summed E-state index contributed by atoms with van der Waals surface area (Å²) in [4.78, 5) is 29.1. The molecule has 2 amide bonds. The van der Waals surface area contributed by atoms with E-state index in [1.807, 2.05) is 0 Å². The molecular formula is C19H20F3N3O2S. The van der Waals surface area contributed by atoms with Crippen molar-refractivity contribution in [2.75, 3.05) is 5.32 Å². The van der Waals surface area contributed by atoms with Crippen LogP contribution in [-0.4, -0.2) is 22.8 Å². The Morgan fingerprint density at radius 3 is 2.50 bits per heavy atom. The zero-order chi connectivity index (χ0) is 20.3. The topological polar surface area (TPSA) is 71.1 Å². The summed E-state index contributed by atoms with van der Waals surface area (Å²) in [6.45, 7) is 1.61. The van der Waals surface area contributed by atoms with Gasteiger partial charge in [0.25, 0.3) is 0 Å². The van der Waals surface area contributed by atoms with Crippen molar-refractivity contribution in [2.24, 2.45) is 5.92 Å². The highest BCUT2D eigenvalue weighted by Crippen LogP contribution is 2.30. The van der Waals surface area contributed by atoms with Gasteiger partial charge in [-0.2, -0.15) is 13.2 Å². The number of benzene rings is 1. The highest BCUT2D eigenvalue weighted by atomic mass is 32.1. The Kier molecular flexibility index (Phi) is 6.02. The van der Waals surface area contributed by atoms with E-state index in [1.165, 1.54) is 23.5 Å². The summed E-state index contributed by atoms with van der Waals surface area (Å²) in [5, 5.41) is 5.75. The molecule has 0 aliphatic heterocycles. The second-order valence-corrected chi connectivity index (χ2v) is 7.97. The average Bonchev–Trinajstić information content (AvgIpc) is 2.99. The zero-order valence-corrected chi connectivity index (χ0v) is 16.0. The first-order valence-corrected chi connectivity index (χ1v) is 9.76. The molecule has 0 radical (unpaired) electrons. The Morgan fingerprint density at radius 1 is 1.25 bits per heavy atom. The van der Waals surface area contributed by atoms with Crippen LogP contribution in [0.15, 0.2) is 30.5 Å². The molecule has 150 valence electrons. The number of nitrogens with one attached hydrogen (secondary N) is 2. The van der Waals surface area contributed by atoms with Crippen molar-refractivity contribution in [3.05, 3.63) is 46.5 Å². The summed E-state index contributed by atoms with van der Waals surface area (Å²) in [7, 11) is 0. The van der Waals surface area contributed by atoms with E-state index in [2.05, 4.69) is 15.6 Å². The van der Waals surface area contributed by atoms with Crippen molar-refractivity contribution < 1.29 is 22.8 Å². The summed E-state index contributed by atoms with van der Waals surface area (Å²) in [6, 6.07) is 4.28. The third-order valence-corrected chi connectivity index (χ3v) is 5.58. The van der Waals surface area contributed by atoms with Crippen molar-refractivity contribution in [1.29, 1.82) is 0 Å². The van der Waals surface area contributed by atoms with Gasteiger partial charge < -0.3 is 10.6 Å². The first kappa shape index (κ1) is 20.3. The summed E-state index contributed by atoms with van der Waals surface area (Å²) >= 11 is 1.25. The van der Waals surface area contributed by atoms with Crippen molar-refractivity contribution in [2.45, 2.75) is 44.8 Å². The SMILES string of the molecule is CC(NC(=O)C1CCC1)C(=O)Nc1ncc(Cc2ccc(C(F)(F)F)cc2)s1. The summed E-state index contributed by atoms with van der Waals surface area (Å²) in [6.07, 6.45) is 0.403. The normalized spacial score (nSPS) is 15.6. The number of carbonyl (C=O) groups excluding carboxylic acids is 2. The molecule has 1 aromatic carbocycles. The first-order valence-electron chi connectivity index (χ1n) is 8.94. The van der Waals surface area contributed by atoms with E-state index in [4.69, 9.17) is 0 Å². The number of alkyl halides is 3. The molecule has 1 aliphatic rings. The van der Waals surface area contributed by atoms with Crippen LogP contribution in [0, 0.1) is 5.92 Å². The number of hydrogen-bond donors (Lipinski definition) is 2. The van der Waals surface area contributed by atoms with Crippen LogP contribution in [0.1, 0.15) is 42.2 Å². The van der Waals surface area contributed by atoms with Crippen LogP contribution in [0.2, 0.25) is 0 Å². The lowest BCUT2D eigenvalue weighted by Crippen LogP contribution is -2.45. The number of halogens is 3. The van der Waals surface area contributed by atoms with E-state index in [0.717, 1.165) is 41.8 Å². The number of aromatic nitrogens is 1. The van der Waals surface area contributed by atoms with Crippen molar-refractivity contribution in [3.63, 3.8) is 0 Å². The van der Waals surface area contributed by atoms with Gasteiger partial charge >= 0.3 is 6.18 Å². The van der Waals surface area contributed by atoms with Crippen LogP contribution in [0.5, 0.6) is 0 Å². The minimum absolute atomic E-state index is 0.00505. The molecule has 2 N–H and O–H groups in total. The number of carbonyl (C=O) groups is 2. The van der Waals surface area contributed by atoms with Gasteiger partial charge in [-0.05, 0) is 37.5 Å². The zero-order valence-electron chi connectivity index (χ0n) is 15.2. The average molecular weight is 411 g/mol. The minimum Gasteiger partial charge on any atom is -0.344 e. The molecular weight excluding hydrogens is 391 g/mol. The Balaban J connectivity index is 1.53. The highest BCUT2D eigenvalue weighted by molar-refractivity contribution is 7.15. The molecule has 1 heterocycles.